The summed E-state index contributed by atoms with van der Waals surface area (Å²) >= 11 is 0. The molecular formula is C13H20N2O. The zero-order valence-electron chi connectivity index (χ0n) is 10.1. The van der Waals surface area contributed by atoms with E-state index in [1.54, 1.807) is 13.3 Å². The molecule has 1 aromatic heterocycles. The summed E-state index contributed by atoms with van der Waals surface area (Å²) in [5.41, 5.74) is 1.19. The summed E-state index contributed by atoms with van der Waals surface area (Å²) in [4.78, 5) is 4.27. The van der Waals surface area contributed by atoms with E-state index in [0.717, 1.165) is 18.3 Å². The van der Waals surface area contributed by atoms with Crippen molar-refractivity contribution in [1.29, 1.82) is 0 Å². The minimum Gasteiger partial charge on any atom is -0.481 e. The Morgan fingerprint density at radius 2 is 2.38 bits per heavy atom. The first-order valence-electron chi connectivity index (χ1n) is 6.07. The molecule has 0 spiro atoms. The van der Waals surface area contributed by atoms with E-state index in [1.807, 2.05) is 6.07 Å². The molecule has 0 radical (unpaired) electrons. The van der Waals surface area contributed by atoms with E-state index in [-0.39, 0.29) is 0 Å². The van der Waals surface area contributed by atoms with Crippen LogP contribution >= 0.6 is 0 Å². The van der Waals surface area contributed by atoms with Gasteiger partial charge in [-0.3, -0.25) is 0 Å². The van der Waals surface area contributed by atoms with E-state index in [0.29, 0.717) is 6.04 Å². The molecule has 0 amide bonds. The number of nitrogens with one attached hydrogen (secondary N) is 1. The van der Waals surface area contributed by atoms with Gasteiger partial charge in [0.1, 0.15) is 0 Å². The second kappa shape index (κ2) is 5.30. The van der Waals surface area contributed by atoms with E-state index in [1.165, 1.54) is 24.8 Å². The lowest BCUT2D eigenvalue weighted by Gasteiger charge is -2.19. The SMILES string of the molecule is CCNC(CC1CC1)c1cccnc1OC. The molecule has 1 fully saturated rings. The van der Waals surface area contributed by atoms with E-state index in [4.69, 9.17) is 4.74 Å². The van der Waals surface area contributed by atoms with Crippen LogP contribution in [0, 0.1) is 5.92 Å². The predicted molar refractivity (Wildman–Crippen MR) is 64.5 cm³/mol. The molecule has 1 aromatic rings. The third-order valence-electron chi connectivity index (χ3n) is 3.09. The second-order valence-electron chi connectivity index (χ2n) is 4.39. The molecule has 0 aromatic carbocycles. The van der Waals surface area contributed by atoms with Gasteiger partial charge in [-0.2, -0.15) is 0 Å². The average molecular weight is 220 g/mol. The van der Waals surface area contributed by atoms with Gasteiger partial charge in [0.25, 0.3) is 0 Å². The molecule has 0 bridgehead atoms. The summed E-state index contributed by atoms with van der Waals surface area (Å²) in [6.45, 7) is 3.12. The summed E-state index contributed by atoms with van der Waals surface area (Å²) in [5, 5.41) is 3.52. The first-order valence-corrected chi connectivity index (χ1v) is 6.07. The number of nitrogens with zero attached hydrogens (tertiary/aromatic N) is 1. The fourth-order valence-electron chi connectivity index (χ4n) is 2.09. The highest BCUT2D eigenvalue weighted by Crippen LogP contribution is 2.39. The van der Waals surface area contributed by atoms with Gasteiger partial charge in [-0.25, -0.2) is 4.98 Å². The van der Waals surface area contributed by atoms with Crippen LogP contribution < -0.4 is 10.1 Å². The number of rotatable bonds is 6. The summed E-state index contributed by atoms with van der Waals surface area (Å²) < 4.78 is 5.32. The van der Waals surface area contributed by atoms with Crippen LogP contribution in [0.4, 0.5) is 0 Å². The smallest absolute Gasteiger partial charge is 0.217 e. The number of aromatic nitrogens is 1. The van der Waals surface area contributed by atoms with Crippen molar-refractivity contribution in [1.82, 2.24) is 10.3 Å². The Hall–Kier alpha value is -1.09. The minimum atomic E-state index is 0.390. The molecule has 2 rings (SSSR count). The van der Waals surface area contributed by atoms with Crippen molar-refractivity contribution in [3.8, 4) is 5.88 Å². The van der Waals surface area contributed by atoms with Crippen LogP contribution in [-0.4, -0.2) is 18.6 Å². The molecule has 1 unspecified atom stereocenters. The zero-order valence-corrected chi connectivity index (χ0v) is 10.1. The molecule has 16 heavy (non-hydrogen) atoms. The second-order valence-corrected chi connectivity index (χ2v) is 4.39. The summed E-state index contributed by atoms with van der Waals surface area (Å²) in [6.07, 6.45) is 5.74. The Morgan fingerprint density at radius 1 is 1.56 bits per heavy atom. The molecule has 1 N–H and O–H groups in total. The molecule has 1 saturated carbocycles. The minimum absolute atomic E-state index is 0.390. The van der Waals surface area contributed by atoms with Gasteiger partial charge in [-0.05, 0) is 24.9 Å². The number of hydrogen-bond acceptors (Lipinski definition) is 3. The fraction of sp³-hybridized carbons (Fsp3) is 0.615. The summed E-state index contributed by atoms with van der Waals surface area (Å²) in [5.74, 6) is 1.66. The van der Waals surface area contributed by atoms with Gasteiger partial charge in [-0.15, -0.1) is 0 Å². The Bertz CT molecular complexity index is 336. The zero-order chi connectivity index (χ0) is 11.4. The van der Waals surface area contributed by atoms with Crippen LogP contribution in [0.1, 0.15) is 37.8 Å². The van der Waals surface area contributed by atoms with Gasteiger partial charge in [-0.1, -0.05) is 25.8 Å². The van der Waals surface area contributed by atoms with Crippen molar-refractivity contribution in [3.63, 3.8) is 0 Å². The van der Waals surface area contributed by atoms with Gasteiger partial charge in [0, 0.05) is 17.8 Å². The predicted octanol–water partition coefficient (Wildman–Crippen LogP) is 2.54. The fourth-order valence-corrected chi connectivity index (χ4v) is 2.09. The monoisotopic (exact) mass is 220 g/mol. The number of pyridine rings is 1. The maximum atomic E-state index is 5.32. The third kappa shape index (κ3) is 2.73. The van der Waals surface area contributed by atoms with E-state index >= 15 is 0 Å². The van der Waals surface area contributed by atoms with Crippen molar-refractivity contribution in [2.45, 2.75) is 32.2 Å². The lowest BCUT2D eigenvalue weighted by molar-refractivity contribution is 0.377. The molecule has 88 valence electrons. The van der Waals surface area contributed by atoms with Crippen LogP contribution in [0.25, 0.3) is 0 Å². The first kappa shape index (κ1) is 11.4. The summed E-state index contributed by atoms with van der Waals surface area (Å²) in [7, 11) is 1.69. The highest BCUT2D eigenvalue weighted by Gasteiger charge is 2.27. The number of hydrogen-bond donors (Lipinski definition) is 1. The quantitative estimate of drug-likeness (QED) is 0.800. The molecule has 1 heterocycles. The molecule has 0 aliphatic heterocycles. The Kier molecular flexibility index (Phi) is 3.78. The van der Waals surface area contributed by atoms with Gasteiger partial charge in [0.05, 0.1) is 7.11 Å². The Labute approximate surface area is 97.2 Å². The molecule has 1 aliphatic rings. The highest BCUT2D eigenvalue weighted by molar-refractivity contribution is 5.29. The molecule has 3 heteroatoms. The van der Waals surface area contributed by atoms with Crippen molar-refractivity contribution in [2.75, 3.05) is 13.7 Å². The highest BCUT2D eigenvalue weighted by atomic mass is 16.5. The standard InChI is InChI=1S/C13H20N2O/c1-3-14-12(9-10-6-7-10)11-5-4-8-15-13(11)16-2/h4-5,8,10,12,14H,3,6-7,9H2,1-2H3. The number of methoxy groups -OCH3 is 1. The van der Waals surface area contributed by atoms with Crippen molar-refractivity contribution < 1.29 is 4.74 Å². The Morgan fingerprint density at radius 3 is 3.00 bits per heavy atom. The largest absolute Gasteiger partial charge is 0.481 e. The Balaban J connectivity index is 2.14. The van der Waals surface area contributed by atoms with E-state index < -0.39 is 0 Å². The topological polar surface area (TPSA) is 34.2 Å². The molecule has 1 aliphatic carbocycles. The van der Waals surface area contributed by atoms with Crippen LogP contribution in [0.3, 0.4) is 0 Å². The van der Waals surface area contributed by atoms with Crippen molar-refractivity contribution in [3.05, 3.63) is 23.9 Å². The van der Waals surface area contributed by atoms with Gasteiger partial charge in [0.15, 0.2) is 0 Å². The van der Waals surface area contributed by atoms with Crippen LogP contribution in [0.15, 0.2) is 18.3 Å². The van der Waals surface area contributed by atoms with E-state index in [2.05, 4.69) is 23.3 Å². The normalized spacial score (nSPS) is 17.1. The lowest BCUT2D eigenvalue weighted by Crippen LogP contribution is -2.22. The lowest BCUT2D eigenvalue weighted by atomic mass is 10.0. The average Bonchev–Trinajstić information content (AvgIpc) is 3.12. The van der Waals surface area contributed by atoms with Gasteiger partial charge < -0.3 is 10.1 Å². The first-order chi connectivity index (χ1) is 7.85. The van der Waals surface area contributed by atoms with Crippen molar-refractivity contribution in [2.24, 2.45) is 5.92 Å². The summed E-state index contributed by atoms with van der Waals surface area (Å²) in [6, 6.07) is 4.48. The van der Waals surface area contributed by atoms with Gasteiger partial charge in [0.2, 0.25) is 5.88 Å². The van der Waals surface area contributed by atoms with Crippen LogP contribution in [-0.2, 0) is 0 Å². The maximum Gasteiger partial charge on any atom is 0.217 e. The van der Waals surface area contributed by atoms with E-state index in [9.17, 15) is 0 Å². The number of ether oxygens (including phenoxy) is 1. The van der Waals surface area contributed by atoms with Crippen LogP contribution in [0.5, 0.6) is 5.88 Å². The molecule has 1 atom stereocenters. The molecular weight excluding hydrogens is 200 g/mol. The van der Waals surface area contributed by atoms with Gasteiger partial charge >= 0.3 is 0 Å². The maximum absolute atomic E-state index is 5.32. The van der Waals surface area contributed by atoms with Crippen molar-refractivity contribution >= 4 is 0 Å². The van der Waals surface area contributed by atoms with Crippen LogP contribution in [0.2, 0.25) is 0 Å². The molecule has 0 saturated heterocycles. The molecule has 3 nitrogen and oxygen atoms in total. The third-order valence-corrected chi connectivity index (χ3v) is 3.09.